The lowest BCUT2D eigenvalue weighted by molar-refractivity contribution is -0.153. The Balaban J connectivity index is 1.59. The van der Waals surface area contributed by atoms with Crippen molar-refractivity contribution < 1.29 is 23.6 Å². The van der Waals surface area contributed by atoms with Crippen LogP contribution in [0.15, 0.2) is 28.8 Å². The fourth-order valence-corrected chi connectivity index (χ4v) is 3.23. The van der Waals surface area contributed by atoms with Crippen LogP contribution in [-0.2, 0) is 20.9 Å². The van der Waals surface area contributed by atoms with Gasteiger partial charge in [0, 0.05) is 19.5 Å². The number of carbonyl (C=O) groups is 2. The predicted molar refractivity (Wildman–Crippen MR) is 100 cm³/mol. The Bertz CT molecular complexity index is 820. The van der Waals surface area contributed by atoms with E-state index in [2.05, 4.69) is 10.1 Å². The van der Waals surface area contributed by atoms with Crippen LogP contribution in [0.1, 0.15) is 39.0 Å². The minimum absolute atomic E-state index is 0.0620. The van der Waals surface area contributed by atoms with Crippen molar-refractivity contribution in [3.05, 3.63) is 30.2 Å². The van der Waals surface area contributed by atoms with Crippen molar-refractivity contribution in [3.63, 3.8) is 0 Å². The average molecular weight is 387 g/mol. The van der Waals surface area contributed by atoms with Gasteiger partial charge in [0.05, 0.1) is 18.1 Å². The van der Waals surface area contributed by atoms with E-state index in [4.69, 9.17) is 14.0 Å². The van der Waals surface area contributed by atoms with Crippen LogP contribution < -0.4 is 4.74 Å². The summed E-state index contributed by atoms with van der Waals surface area (Å²) in [7, 11) is 0. The van der Waals surface area contributed by atoms with Gasteiger partial charge in [-0.25, -0.2) is 0 Å². The molecule has 1 unspecified atom stereocenters. The Morgan fingerprint density at radius 3 is 2.89 bits per heavy atom. The normalized spacial score (nSPS) is 16.6. The standard InChI is InChI=1S/C20H25N3O5/c1-3-18(24)23-11-7-8-14(12-23)20(25)27-13-17-21-19(22-28-17)15-9-5-6-10-16(15)26-4-2/h5-6,9-10,14H,3-4,7-8,11-13H2,1-2H3. The summed E-state index contributed by atoms with van der Waals surface area (Å²) in [5, 5.41) is 3.96. The summed E-state index contributed by atoms with van der Waals surface area (Å²) >= 11 is 0. The van der Waals surface area contributed by atoms with Gasteiger partial charge < -0.3 is 18.9 Å². The van der Waals surface area contributed by atoms with Gasteiger partial charge in [-0.15, -0.1) is 0 Å². The van der Waals surface area contributed by atoms with E-state index in [1.807, 2.05) is 38.1 Å². The van der Waals surface area contributed by atoms with Crippen LogP contribution in [-0.4, -0.2) is 46.6 Å². The monoisotopic (exact) mass is 387 g/mol. The highest BCUT2D eigenvalue weighted by Gasteiger charge is 2.29. The highest BCUT2D eigenvalue weighted by molar-refractivity contribution is 5.78. The molecule has 0 N–H and O–H groups in total. The molecule has 1 fully saturated rings. The molecule has 1 aliphatic rings. The molecule has 0 spiro atoms. The zero-order valence-corrected chi connectivity index (χ0v) is 16.2. The van der Waals surface area contributed by atoms with Gasteiger partial charge in [0.25, 0.3) is 5.89 Å². The summed E-state index contributed by atoms with van der Waals surface area (Å²) in [6.45, 7) is 5.25. The molecule has 0 bridgehead atoms. The highest BCUT2D eigenvalue weighted by atomic mass is 16.6. The fraction of sp³-hybridized carbons (Fsp3) is 0.500. The summed E-state index contributed by atoms with van der Waals surface area (Å²) < 4.78 is 16.1. The van der Waals surface area contributed by atoms with Gasteiger partial charge in [-0.05, 0) is 31.9 Å². The number of carbonyl (C=O) groups excluding carboxylic acids is 2. The van der Waals surface area contributed by atoms with Crippen molar-refractivity contribution in [2.24, 2.45) is 5.92 Å². The number of benzene rings is 1. The third-order valence-electron chi connectivity index (χ3n) is 4.64. The summed E-state index contributed by atoms with van der Waals surface area (Å²) in [6.07, 6.45) is 1.95. The van der Waals surface area contributed by atoms with E-state index in [0.29, 0.717) is 49.7 Å². The zero-order valence-electron chi connectivity index (χ0n) is 16.2. The van der Waals surface area contributed by atoms with Crippen molar-refractivity contribution >= 4 is 11.9 Å². The van der Waals surface area contributed by atoms with Gasteiger partial charge >= 0.3 is 5.97 Å². The number of para-hydroxylation sites is 1. The highest BCUT2D eigenvalue weighted by Crippen LogP contribution is 2.27. The van der Waals surface area contributed by atoms with Crippen molar-refractivity contribution in [2.45, 2.75) is 39.7 Å². The molecule has 3 rings (SSSR count). The maximum Gasteiger partial charge on any atom is 0.311 e. The number of nitrogens with zero attached hydrogens (tertiary/aromatic N) is 3. The van der Waals surface area contributed by atoms with Crippen molar-refractivity contribution in [1.82, 2.24) is 15.0 Å². The second-order valence-corrected chi connectivity index (χ2v) is 6.58. The Morgan fingerprint density at radius 2 is 2.11 bits per heavy atom. The van der Waals surface area contributed by atoms with Gasteiger partial charge in [0.15, 0.2) is 6.61 Å². The van der Waals surface area contributed by atoms with E-state index in [0.717, 1.165) is 6.42 Å². The number of esters is 1. The predicted octanol–water partition coefficient (Wildman–Crippen LogP) is 2.83. The fourth-order valence-electron chi connectivity index (χ4n) is 3.23. The maximum atomic E-state index is 12.4. The number of likely N-dealkylation sites (tertiary alicyclic amines) is 1. The van der Waals surface area contributed by atoms with E-state index in [9.17, 15) is 9.59 Å². The number of aromatic nitrogens is 2. The van der Waals surface area contributed by atoms with Gasteiger partial charge in [-0.1, -0.05) is 24.2 Å². The van der Waals surface area contributed by atoms with Gasteiger partial charge in [0.2, 0.25) is 11.7 Å². The van der Waals surface area contributed by atoms with Crippen molar-refractivity contribution in [1.29, 1.82) is 0 Å². The first-order valence-corrected chi connectivity index (χ1v) is 9.61. The Hall–Kier alpha value is -2.90. The lowest BCUT2D eigenvalue weighted by Crippen LogP contribution is -2.42. The molecule has 28 heavy (non-hydrogen) atoms. The Kier molecular flexibility index (Phi) is 6.62. The molecule has 1 saturated heterocycles. The molecule has 1 aliphatic heterocycles. The lowest BCUT2D eigenvalue weighted by Gasteiger charge is -2.31. The number of rotatable bonds is 7. The molecule has 8 heteroatoms. The molecule has 8 nitrogen and oxygen atoms in total. The quantitative estimate of drug-likeness (QED) is 0.674. The molecule has 1 amide bonds. The SMILES string of the molecule is CCOc1ccccc1-c1noc(COC(=O)C2CCCN(C(=O)CC)C2)n1. The summed E-state index contributed by atoms with van der Waals surface area (Å²) in [5.74, 6) is 0.664. The molecule has 150 valence electrons. The van der Waals surface area contributed by atoms with Crippen LogP contribution >= 0.6 is 0 Å². The number of piperidine rings is 1. The molecular weight excluding hydrogens is 362 g/mol. The van der Waals surface area contributed by atoms with Crippen LogP contribution in [0, 0.1) is 5.92 Å². The molecule has 1 atom stereocenters. The van der Waals surface area contributed by atoms with E-state index < -0.39 is 0 Å². The number of hydrogen-bond acceptors (Lipinski definition) is 7. The third kappa shape index (κ3) is 4.68. The lowest BCUT2D eigenvalue weighted by atomic mass is 9.98. The van der Waals surface area contributed by atoms with Crippen molar-refractivity contribution in [2.75, 3.05) is 19.7 Å². The third-order valence-corrected chi connectivity index (χ3v) is 4.64. The molecule has 0 aliphatic carbocycles. The maximum absolute atomic E-state index is 12.4. The second-order valence-electron chi connectivity index (χ2n) is 6.58. The topological polar surface area (TPSA) is 94.8 Å². The molecule has 2 heterocycles. The van der Waals surface area contributed by atoms with E-state index in [1.165, 1.54) is 0 Å². The molecule has 0 radical (unpaired) electrons. The molecular formula is C20H25N3O5. The largest absolute Gasteiger partial charge is 0.493 e. The van der Waals surface area contributed by atoms with Crippen LogP contribution in [0.2, 0.25) is 0 Å². The van der Waals surface area contributed by atoms with Crippen LogP contribution in [0.3, 0.4) is 0 Å². The first-order chi connectivity index (χ1) is 13.6. The molecule has 1 aromatic carbocycles. The number of ether oxygens (including phenoxy) is 2. The van der Waals surface area contributed by atoms with E-state index in [1.54, 1.807) is 4.90 Å². The minimum Gasteiger partial charge on any atom is -0.493 e. The van der Waals surface area contributed by atoms with E-state index in [-0.39, 0.29) is 30.3 Å². The second kappa shape index (κ2) is 9.34. The van der Waals surface area contributed by atoms with Gasteiger partial charge in [0.1, 0.15) is 5.75 Å². The molecule has 2 aromatic rings. The number of amides is 1. The number of hydrogen-bond donors (Lipinski definition) is 0. The van der Waals surface area contributed by atoms with Crippen LogP contribution in [0.25, 0.3) is 11.4 Å². The van der Waals surface area contributed by atoms with E-state index >= 15 is 0 Å². The van der Waals surface area contributed by atoms with Crippen LogP contribution in [0.5, 0.6) is 5.75 Å². The average Bonchev–Trinajstić information content (AvgIpc) is 3.21. The Labute approximate surface area is 163 Å². The smallest absolute Gasteiger partial charge is 0.311 e. The van der Waals surface area contributed by atoms with Gasteiger partial charge in [-0.2, -0.15) is 4.98 Å². The molecule has 1 aromatic heterocycles. The van der Waals surface area contributed by atoms with Crippen molar-refractivity contribution in [3.8, 4) is 17.1 Å². The Morgan fingerprint density at radius 1 is 1.29 bits per heavy atom. The summed E-state index contributed by atoms with van der Waals surface area (Å²) in [4.78, 5) is 30.3. The summed E-state index contributed by atoms with van der Waals surface area (Å²) in [5.41, 5.74) is 0.715. The first kappa shape index (κ1) is 19.9. The summed E-state index contributed by atoms with van der Waals surface area (Å²) in [6, 6.07) is 7.41. The first-order valence-electron chi connectivity index (χ1n) is 9.61. The van der Waals surface area contributed by atoms with Crippen LogP contribution in [0.4, 0.5) is 0 Å². The zero-order chi connectivity index (χ0) is 19.9. The van der Waals surface area contributed by atoms with Gasteiger partial charge in [-0.3, -0.25) is 9.59 Å². The molecule has 0 saturated carbocycles. The minimum atomic E-state index is -0.344.